The van der Waals surface area contributed by atoms with E-state index in [1.165, 1.54) is 12.1 Å². The van der Waals surface area contributed by atoms with Crippen molar-refractivity contribution in [3.63, 3.8) is 0 Å². The highest BCUT2D eigenvalue weighted by atomic mass is 16.2. The van der Waals surface area contributed by atoms with Crippen molar-refractivity contribution in [2.24, 2.45) is 0 Å². The fourth-order valence-corrected chi connectivity index (χ4v) is 1.06. The summed E-state index contributed by atoms with van der Waals surface area (Å²) in [5, 5.41) is 2.29. The third-order valence-corrected chi connectivity index (χ3v) is 1.79. The maximum Gasteiger partial charge on any atom is 0.295 e. The average Bonchev–Trinajstić information content (AvgIpc) is 2.28. The fraction of sp³-hybridized carbons (Fsp3) is 0.182. The van der Waals surface area contributed by atoms with Crippen molar-refractivity contribution >= 4 is 17.5 Å². The number of Topliss-reactive ketones (excluding diaryl/α,β-unsaturated/α-hetero) is 2. The van der Waals surface area contributed by atoms with Crippen LogP contribution in [0.3, 0.4) is 0 Å². The topological polar surface area (TPSA) is 63.2 Å². The van der Waals surface area contributed by atoms with Crippen molar-refractivity contribution in [2.75, 3.05) is 6.54 Å². The van der Waals surface area contributed by atoms with Gasteiger partial charge in [0, 0.05) is 12.1 Å². The predicted molar refractivity (Wildman–Crippen MR) is 54.5 cm³/mol. The number of hydrogen-bond donors (Lipinski definition) is 1. The third-order valence-electron chi connectivity index (χ3n) is 1.79. The van der Waals surface area contributed by atoms with E-state index in [0.29, 0.717) is 6.54 Å². The molecule has 1 aromatic carbocycles. The second-order valence-corrected chi connectivity index (χ2v) is 2.88. The van der Waals surface area contributed by atoms with Crippen LogP contribution in [-0.4, -0.2) is 24.0 Å². The van der Waals surface area contributed by atoms with Crippen molar-refractivity contribution in [1.82, 2.24) is 5.32 Å². The van der Waals surface area contributed by atoms with Gasteiger partial charge in [-0.2, -0.15) is 0 Å². The molecule has 0 saturated heterocycles. The Bertz CT molecular complexity index is 384. The third kappa shape index (κ3) is 2.74. The van der Waals surface area contributed by atoms with E-state index in [1.54, 1.807) is 25.1 Å². The van der Waals surface area contributed by atoms with E-state index in [4.69, 9.17) is 0 Å². The summed E-state index contributed by atoms with van der Waals surface area (Å²) in [7, 11) is 0. The van der Waals surface area contributed by atoms with Crippen LogP contribution >= 0.6 is 0 Å². The number of ketones is 2. The first-order valence-electron chi connectivity index (χ1n) is 4.58. The molecule has 0 atom stereocenters. The van der Waals surface area contributed by atoms with Gasteiger partial charge < -0.3 is 5.32 Å². The first-order chi connectivity index (χ1) is 7.16. The van der Waals surface area contributed by atoms with Crippen molar-refractivity contribution in [3.8, 4) is 0 Å². The molecule has 0 aliphatic rings. The van der Waals surface area contributed by atoms with Crippen molar-refractivity contribution in [1.29, 1.82) is 0 Å². The lowest BCUT2D eigenvalue weighted by Gasteiger charge is -2.00. The molecule has 0 fully saturated rings. The van der Waals surface area contributed by atoms with Gasteiger partial charge in [0.1, 0.15) is 0 Å². The molecule has 1 amide bonds. The van der Waals surface area contributed by atoms with Gasteiger partial charge in [0.2, 0.25) is 5.78 Å². The second kappa shape index (κ2) is 5.05. The van der Waals surface area contributed by atoms with Gasteiger partial charge in [-0.25, -0.2) is 0 Å². The Morgan fingerprint density at radius 1 is 1.13 bits per heavy atom. The van der Waals surface area contributed by atoms with Gasteiger partial charge >= 0.3 is 0 Å². The zero-order chi connectivity index (χ0) is 11.3. The summed E-state index contributed by atoms with van der Waals surface area (Å²) in [6.07, 6.45) is 0. The zero-order valence-electron chi connectivity index (χ0n) is 8.32. The summed E-state index contributed by atoms with van der Waals surface area (Å²) in [5.41, 5.74) is 0.230. The average molecular weight is 205 g/mol. The summed E-state index contributed by atoms with van der Waals surface area (Å²) in [6, 6.07) is 8.00. The first-order valence-corrected chi connectivity index (χ1v) is 4.58. The number of nitrogens with one attached hydrogen (secondary N) is 1. The normalized spacial score (nSPS) is 9.40. The Morgan fingerprint density at radius 3 is 2.27 bits per heavy atom. The lowest BCUT2D eigenvalue weighted by Crippen LogP contribution is -2.35. The number of benzene rings is 1. The van der Waals surface area contributed by atoms with E-state index in [1.807, 2.05) is 0 Å². The Morgan fingerprint density at radius 2 is 1.73 bits per heavy atom. The van der Waals surface area contributed by atoms with Crippen molar-refractivity contribution < 1.29 is 14.4 Å². The maximum atomic E-state index is 11.5. The Balaban J connectivity index is 2.78. The molecule has 0 aliphatic carbocycles. The highest BCUT2D eigenvalue weighted by Gasteiger charge is 2.22. The van der Waals surface area contributed by atoms with Gasteiger partial charge in [0.05, 0.1) is 0 Å². The van der Waals surface area contributed by atoms with Crippen molar-refractivity contribution in [2.45, 2.75) is 6.92 Å². The monoisotopic (exact) mass is 205 g/mol. The summed E-state index contributed by atoms with van der Waals surface area (Å²) in [5.74, 6) is -2.66. The Labute approximate surface area is 87.3 Å². The van der Waals surface area contributed by atoms with Crippen LogP contribution in [0.5, 0.6) is 0 Å². The summed E-state index contributed by atoms with van der Waals surface area (Å²) in [6.45, 7) is 2.00. The van der Waals surface area contributed by atoms with Gasteiger partial charge in [-0.05, 0) is 6.92 Å². The van der Waals surface area contributed by atoms with E-state index < -0.39 is 17.5 Å². The number of likely N-dealkylation sites (N-methyl/N-ethyl adjacent to an activating group) is 1. The molecule has 0 aromatic heterocycles. The predicted octanol–water partition coefficient (Wildman–Crippen LogP) is 0.574. The molecule has 0 spiro atoms. The van der Waals surface area contributed by atoms with Crippen molar-refractivity contribution in [3.05, 3.63) is 35.9 Å². The molecule has 0 saturated carbocycles. The van der Waals surface area contributed by atoms with Crippen LogP contribution < -0.4 is 5.32 Å². The smallest absolute Gasteiger partial charge is 0.295 e. The first kappa shape index (κ1) is 11.1. The Hall–Kier alpha value is -1.97. The second-order valence-electron chi connectivity index (χ2n) is 2.88. The minimum absolute atomic E-state index is 0.230. The standard InChI is InChI=1S/C11H11NO3/c1-2-12-11(15)10(14)9(13)8-6-4-3-5-7-8/h3-7H,2H2,1H3,(H,12,15). The van der Waals surface area contributed by atoms with Gasteiger partial charge in [-0.15, -0.1) is 0 Å². The molecule has 1 N–H and O–H groups in total. The van der Waals surface area contributed by atoms with E-state index >= 15 is 0 Å². The molecule has 0 unspecified atom stereocenters. The number of carbonyl (C=O) groups excluding carboxylic acids is 3. The lowest BCUT2D eigenvalue weighted by molar-refractivity contribution is -0.135. The van der Waals surface area contributed by atoms with Crippen LogP contribution in [0.15, 0.2) is 30.3 Å². The lowest BCUT2D eigenvalue weighted by atomic mass is 10.1. The molecule has 15 heavy (non-hydrogen) atoms. The van der Waals surface area contributed by atoms with E-state index in [2.05, 4.69) is 5.32 Å². The van der Waals surface area contributed by atoms with Gasteiger partial charge in [0.25, 0.3) is 11.7 Å². The number of carbonyl (C=O) groups is 3. The minimum Gasteiger partial charge on any atom is -0.349 e. The van der Waals surface area contributed by atoms with E-state index in [0.717, 1.165) is 0 Å². The van der Waals surface area contributed by atoms with Gasteiger partial charge in [0.15, 0.2) is 0 Å². The quantitative estimate of drug-likeness (QED) is 0.444. The van der Waals surface area contributed by atoms with E-state index in [-0.39, 0.29) is 5.56 Å². The molecule has 0 bridgehead atoms. The number of amides is 1. The van der Waals surface area contributed by atoms with Crippen LogP contribution in [0, 0.1) is 0 Å². The number of hydrogen-bond acceptors (Lipinski definition) is 3. The molecule has 78 valence electrons. The molecule has 1 rings (SSSR count). The summed E-state index contributed by atoms with van der Waals surface area (Å²) >= 11 is 0. The molecule has 4 nitrogen and oxygen atoms in total. The largest absolute Gasteiger partial charge is 0.349 e. The van der Waals surface area contributed by atoms with Gasteiger partial charge in [-0.1, -0.05) is 30.3 Å². The van der Waals surface area contributed by atoms with Crippen LogP contribution in [0.1, 0.15) is 17.3 Å². The van der Waals surface area contributed by atoms with Crippen LogP contribution in [0.2, 0.25) is 0 Å². The summed E-state index contributed by atoms with van der Waals surface area (Å²) in [4.78, 5) is 33.8. The fourth-order valence-electron chi connectivity index (χ4n) is 1.06. The van der Waals surface area contributed by atoms with E-state index in [9.17, 15) is 14.4 Å². The molecule has 0 heterocycles. The van der Waals surface area contributed by atoms with Crippen LogP contribution in [-0.2, 0) is 9.59 Å². The highest BCUT2D eigenvalue weighted by molar-refractivity contribution is 6.66. The molecular weight excluding hydrogens is 194 g/mol. The molecule has 0 radical (unpaired) electrons. The molecule has 4 heteroatoms. The minimum atomic E-state index is -1.02. The van der Waals surface area contributed by atoms with Gasteiger partial charge in [-0.3, -0.25) is 14.4 Å². The molecule has 0 aliphatic heterocycles. The zero-order valence-corrected chi connectivity index (χ0v) is 8.32. The maximum absolute atomic E-state index is 11.5. The number of rotatable bonds is 4. The molecule has 1 aromatic rings. The van der Waals surface area contributed by atoms with Crippen LogP contribution in [0.25, 0.3) is 0 Å². The highest BCUT2D eigenvalue weighted by Crippen LogP contribution is 2.00. The van der Waals surface area contributed by atoms with Crippen LogP contribution in [0.4, 0.5) is 0 Å². The SMILES string of the molecule is CCNC(=O)C(=O)C(=O)c1ccccc1. The Kier molecular flexibility index (Phi) is 3.74. The summed E-state index contributed by atoms with van der Waals surface area (Å²) < 4.78 is 0. The molecular formula is C11H11NO3.